The van der Waals surface area contributed by atoms with Gasteiger partial charge in [-0.15, -0.1) is 0 Å². The molecular weight excluding hydrogens is 271 g/mol. The van der Waals surface area contributed by atoms with E-state index in [2.05, 4.69) is 9.97 Å². The number of aromatic nitrogens is 2. The number of hydrogen-bond donors (Lipinski definition) is 1. The molecule has 1 aromatic heterocycles. The standard InChI is InChI=1S/C12H12Cl2N4/c1-18(7-8-2-4-9(13)5-3-8)11-6-10(14)16-12(15)17-11/h2-6H,7H2,1H3,(H2,15,16,17). The van der Waals surface area contributed by atoms with Gasteiger partial charge < -0.3 is 10.6 Å². The van der Waals surface area contributed by atoms with Crippen LogP contribution in [0, 0.1) is 0 Å². The van der Waals surface area contributed by atoms with Crippen LogP contribution in [0.2, 0.25) is 10.2 Å². The summed E-state index contributed by atoms with van der Waals surface area (Å²) in [5.74, 6) is 0.850. The molecule has 0 fully saturated rings. The van der Waals surface area contributed by atoms with Gasteiger partial charge in [-0.1, -0.05) is 35.3 Å². The Morgan fingerprint density at radius 1 is 1.17 bits per heavy atom. The average Bonchev–Trinajstić information content (AvgIpc) is 2.31. The summed E-state index contributed by atoms with van der Waals surface area (Å²) in [5, 5.41) is 1.05. The van der Waals surface area contributed by atoms with E-state index in [0.29, 0.717) is 17.5 Å². The van der Waals surface area contributed by atoms with Crippen LogP contribution in [0.4, 0.5) is 11.8 Å². The second-order valence-corrected chi connectivity index (χ2v) is 4.71. The molecule has 0 saturated heterocycles. The van der Waals surface area contributed by atoms with Crippen LogP contribution < -0.4 is 10.6 Å². The minimum atomic E-state index is 0.167. The first-order valence-corrected chi connectivity index (χ1v) is 6.06. The van der Waals surface area contributed by atoms with E-state index in [1.165, 1.54) is 0 Å². The van der Waals surface area contributed by atoms with E-state index >= 15 is 0 Å². The van der Waals surface area contributed by atoms with E-state index < -0.39 is 0 Å². The maximum Gasteiger partial charge on any atom is 0.223 e. The Morgan fingerprint density at radius 2 is 1.83 bits per heavy atom. The van der Waals surface area contributed by atoms with Gasteiger partial charge in [0.15, 0.2) is 0 Å². The first-order chi connectivity index (χ1) is 8.54. The van der Waals surface area contributed by atoms with E-state index in [0.717, 1.165) is 10.6 Å². The molecular formula is C12H12Cl2N4. The van der Waals surface area contributed by atoms with Crippen molar-refractivity contribution in [1.29, 1.82) is 0 Å². The van der Waals surface area contributed by atoms with Crippen molar-refractivity contribution in [2.24, 2.45) is 0 Å². The molecule has 0 atom stereocenters. The molecule has 0 aliphatic rings. The lowest BCUT2D eigenvalue weighted by Crippen LogP contribution is -2.18. The largest absolute Gasteiger partial charge is 0.368 e. The molecule has 0 radical (unpaired) electrons. The molecule has 4 nitrogen and oxygen atoms in total. The fourth-order valence-electron chi connectivity index (χ4n) is 1.56. The molecule has 0 bridgehead atoms. The summed E-state index contributed by atoms with van der Waals surface area (Å²) in [7, 11) is 1.91. The Hall–Kier alpha value is -1.52. The average molecular weight is 283 g/mol. The summed E-state index contributed by atoms with van der Waals surface area (Å²) in [6, 6.07) is 9.31. The van der Waals surface area contributed by atoms with Crippen molar-refractivity contribution in [1.82, 2.24) is 9.97 Å². The zero-order valence-corrected chi connectivity index (χ0v) is 11.3. The maximum absolute atomic E-state index is 5.84. The second-order valence-electron chi connectivity index (χ2n) is 3.89. The fourth-order valence-corrected chi connectivity index (χ4v) is 1.87. The third kappa shape index (κ3) is 3.24. The lowest BCUT2D eigenvalue weighted by molar-refractivity contribution is 0.894. The summed E-state index contributed by atoms with van der Waals surface area (Å²) < 4.78 is 0. The van der Waals surface area contributed by atoms with Crippen LogP contribution in [0.3, 0.4) is 0 Å². The lowest BCUT2D eigenvalue weighted by Gasteiger charge is -2.18. The summed E-state index contributed by atoms with van der Waals surface area (Å²) >= 11 is 11.7. The van der Waals surface area contributed by atoms with Gasteiger partial charge in [0.2, 0.25) is 5.95 Å². The molecule has 0 unspecified atom stereocenters. The first-order valence-electron chi connectivity index (χ1n) is 5.30. The highest BCUT2D eigenvalue weighted by Crippen LogP contribution is 2.18. The van der Waals surface area contributed by atoms with Crippen LogP contribution in [0.15, 0.2) is 30.3 Å². The van der Waals surface area contributed by atoms with Crippen molar-refractivity contribution in [2.75, 3.05) is 17.7 Å². The molecule has 0 saturated carbocycles. The number of hydrogen-bond acceptors (Lipinski definition) is 4. The summed E-state index contributed by atoms with van der Waals surface area (Å²) in [6.07, 6.45) is 0. The van der Waals surface area contributed by atoms with Crippen LogP contribution in [0.5, 0.6) is 0 Å². The molecule has 2 N–H and O–H groups in total. The second kappa shape index (κ2) is 5.42. The van der Waals surface area contributed by atoms with Gasteiger partial charge >= 0.3 is 0 Å². The zero-order chi connectivity index (χ0) is 13.1. The highest BCUT2D eigenvalue weighted by Gasteiger charge is 2.06. The molecule has 0 spiro atoms. The molecule has 18 heavy (non-hydrogen) atoms. The van der Waals surface area contributed by atoms with Gasteiger partial charge in [0, 0.05) is 24.7 Å². The minimum absolute atomic E-state index is 0.167. The highest BCUT2D eigenvalue weighted by atomic mass is 35.5. The third-order valence-corrected chi connectivity index (χ3v) is 2.87. The number of benzene rings is 1. The Bertz CT molecular complexity index is 522. The fraction of sp³-hybridized carbons (Fsp3) is 0.167. The van der Waals surface area contributed by atoms with E-state index in [9.17, 15) is 0 Å². The summed E-state index contributed by atoms with van der Waals surface area (Å²) in [5.41, 5.74) is 6.68. The molecule has 1 heterocycles. The summed E-state index contributed by atoms with van der Waals surface area (Å²) in [4.78, 5) is 9.89. The molecule has 0 amide bonds. The Labute approximate surface area is 115 Å². The number of nitrogens with zero attached hydrogens (tertiary/aromatic N) is 3. The van der Waals surface area contributed by atoms with Gasteiger partial charge in [-0.2, -0.15) is 4.98 Å². The Kier molecular flexibility index (Phi) is 3.89. The van der Waals surface area contributed by atoms with Gasteiger partial charge in [0.25, 0.3) is 0 Å². The van der Waals surface area contributed by atoms with Crippen molar-refractivity contribution in [2.45, 2.75) is 6.54 Å². The number of rotatable bonds is 3. The Balaban J connectivity index is 2.16. The van der Waals surface area contributed by atoms with Crippen molar-refractivity contribution < 1.29 is 0 Å². The number of nitrogens with two attached hydrogens (primary N) is 1. The van der Waals surface area contributed by atoms with Crippen molar-refractivity contribution in [3.05, 3.63) is 46.1 Å². The molecule has 0 aliphatic carbocycles. The number of anilines is 2. The zero-order valence-electron chi connectivity index (χ0n) is 9.77. The first kappa shape index (κ1) is 12.9. The van der Waals surface area contributed by atoms with Crippen LogP contribution in [0.25, 0.3) is 0 Å². The predicted molar refractivity (Wildman–Crippen MR) is 75.0 cm³/mol. The molecule has 2 aromatic rings. The third-order valence-electron chi connectivity index (χ3n) is 2.42. The predicted octanol–water partition coefficient (Wildman–Crippen LogP) is 3.00. The van der Waals surface area contributed by atoms with E-state index in [-0.39, 0.29) is 5.95 Å². The molecule has 2 rings (SSSR count). The van der Waals surface area contributed by atoms with Gasteiger partial charge in [0.05, 0.1) is 0 Å². The minimum Gasteiger partial charge on any atom is -0.368 e. The molecule has 94 valence electrons. The van der Waals surface area contributed by atoms with Gasteiger partial charge in [-0.05, 0) is 17.7 Å². The summed E-state index contributed by atoms with van der Waals surface area (Å²) in [6.45, 7) is 0.684. The monoisotopic (exact) mass is 282 g/mol. The topological polar surface area (TPSA) is 55.0 Å². The van der Waals surface area contributed by atoms with Gasteiger partial charge in [-0.25, -0.2) is 4.98 Å². The molecule has 0 aliphatic heterocycles. The quantitative estimate of drug-likeness (QED) is 0.880. The smallest absolute Gasteiger partial charge is 0.223 e. The van der Waals surface area contributed by atoms with E-state index in [1.807, 2.05) is 36.2 Å². The van der Waals surface area contributed by atoms with Crippen molar-refractivity contribution >= 4 is 35.0 Å². The highest BCUT2D eigenvalue weighted by molar-refractivity contribution is 6.30. The molecule has 6 heteroatoms. The van der Waals surface area contributed by atoms with Crippen molar-refractivity contribution in [3.8, 4) is 0 Å². The van der Waals surface area contributed by atoms with Crippen LogP contribution in [-0.2, 0) is 6.54 Å². The van der Waals surface area contributed by atoms with Gasteiger partial charge in [-0.3, -0.25) is 0 Å². The van der Waals surface area contributed by atoms with E-state index in [4.69, 9.17) is 28.9 Å². The lowest BCUT2D eigenvalue weighted by atomic mass is 10.2. The van der Waals surface area contributed by atoms with Crippen LogP contribution in [0.1, 0.15) is 5.56 Å². The maximum atomic E-state index is 5.84. The SMILES string of the molecule is CN(Cc1ccc(Cl)cc1)c1cc(Cl)nc(N)n1. The molecule has 1 aromatic carbocycles. The number of halogens is 2. The Morgan fingerprint density at radius 3 is 2.44 bits per heavy atom. The van der Waals surface area contributed by atoms with Crippen molar-refractivity contribution in [3.63, 3.8) is 0 Å². The number of nitrogen functional groups attached to an aromatic ring is 1. The normalized spacial score (nSPS) is 10.4. The van der Waals surface area contributed by atoms with Gasteiger partial charge in [0.1, 0.15) is 11.0 Å². The van der Waals surface area contributed by atoms with Crippen LogP contribution >= 0.6 is 23.2 Å². The van der Waals surface area contributed by atoms with E-state index in [1.54, 1.807) is 6.07 Å². The van der Waals surface area contributed by atoms with Crippen LogP contribution in [-0.4, -0.2) is 17.0 Å².